The van der Waals surface area contributed by atoms with E-state index >= 15 is 0 Å². The Hall–Kier alpha value is -2.70. The molecular weight excluding hydrogens is 291 g/mol. The Kier molecular flexibility index (Phi) is 6.75. The second-order valence-electron chi connectivity index (χ2n) is 4.67. The Morgan fingerprint density at radius 2 is 1.86 bits per heavy atom. The first-order chi connectivity index (χ1) is 10.4. The Labute approximate surface area is 127 Å². The molecule has 0 aliphatic rings. The second kappa shape index (κ2) is 8.56. The highest BCUT2D eigenvalue weighted by Gasteiger charge is 2.10. The molecule has 0 aliphatic carbocycles. The molecule has 0 bridgehead atoms. The van der Waals surface area contributed by atoms with E-state index in [0.717, 1.165) is 6.08 Å². The number of hydrogen-bond donors (Lipinski definition) is 2. The number of esters is 1. The molecule has 3 amide bonds. The molecule has 7 heteroatoms. The van der Waals surface area contributed by atoms with Gasteiger partial charge in [-0.05, 0) is 37.6 Å². The minimum atomic E-state index is -0.747. The molecule has 0 radical (unpaired) electrons. The Balaban J connectivity index is 2.35. The van der Waals surface area contributed by atoms with Crippen LogP contribution in [0, 0.1) is 5.82 Å². The SMILES string of the molecule is CC(C)NC(=O)NC(=O)COC(=O)/C=C/c1ccc(F)cc1. The first kappa shape index (κ1) is 17.4. The van der Waals surface area contributed by atoms with Crippen molar-refractivity contribution in [2.45, 2.75) is 19.9 Å². The largest absolute Gasteiger partial charge is 0.452 e. The summed E-state index contributed by atoms with van der Waals surface area (Å²) in [6.07, 6.45) is 2.53. The molecule has 22 heavy (non-hydrogen) atoms. The van der Waals surface area contributed by atoms with Gasteiger partial charge in [-0.2, -0.15) is 0 Å². The Bertz CT molecular complexity index is 567. The van der Waals surface area contributed by atoms with Gasteiger partial charge in [-0.3, -0.25) is 10.1 Å². The molecule has 0 aromatic heterocycles. The van der Waals surface area contributed by atoms with Crippen molar-refractivity contribution in [3.05, 3.63) is 41.7 Å². The van der Waals surface area contributed by atoms with Crippen molar-refractivity contribution >= 4 is 24.0 Å². The van der Waals surface area contributed by atoms with Crippen molar-refractivity contribution in [1.82, 2.24) is 10.6 Å². The Morgan fingerprint density at radius 3 is 2.45 bits per heavy atom. The molecule has 0 aliphatic heterocycles. The molecular formula is C15H17FN2O4. The number of urea groups is 1. The van der Waals surface area contributed by atoms with Crippen LogP contribution in [0.2, 0.25) is 0 Å². The Morgan fingerprint density at radius 1 is 1.23 bits per heavy atom. The van der Waals surface area contributed by atoms with Crippen molar-refractivity contribution in [1.29, 1.82) is 0 Å². The van der Waals surface area contributed by atoms with Crippen LogP contribution in [0.15, 0.2) is 30.3 Å². The summed E-state index contributed by atoms with van der Waals surface area (Å²) in [6, 6.07) is 4.72. The summed E-state index contributed by atoms with van der Waals surface area (Å²) in [5, 5.41) is 4.47. The summed E-state index contributed by atoms with van der Waals surface area (Å²) in [6.45, 7) is 2.91. The summed E-state index contributed by atoms with van der Waals surface area (Å²) < 4.78 is 17.3. The molecule has 0 spiro atoms. The number of imide groups is 1. The lowest BCUT2D eigenvalue weighted by atomic mass is 10.2. The molecule has 1 aromatic rings. The van der Waals surface area contributed by atoms with Gasteiger partial charge >= 0.3 is 12.0 Å². The van der Waals surface area contributed by atoms with Crippen LogP contribution in [-0.4, -0.2) is 30.6 Å². The first-order valence-electron chi connectivity index (χ1n) is 6.57. The minimum absolute atomic E-state index is 0.117. The van der Waals surface area contributed by atoms with Gasteiger partial charge < -0.3 is 10.1 Å². The maximum Gasteiger partial charge on any atom is 0.331 e. The number of carbonyl (C=O) groups excluding carboxylic acids is 3. The quantitative estimate of drug-likeness (QED) is 0.639. The molecule has 118 valence electrons. The van der Waals surface area contributed by atoms with Crippen molar-refractivity contribution in [2.24, 2.45) is 0 Å². The van der Waals surface area contributed by atoms with Gasteiger partial charge in [0, 0.05) is 12.1 Å². The predicted molar refractivity (Wildman–Crippen MR) is 78.2 cm³/mol. The highest BCUT2D eigenvalue weighted by atomic mass is 19.1. The maximum absolute atomic E-state index is 12.7. The van der Waals surface area contributed by atoms with Gasteiger partial charge in [0.05, 0.1) is 0 Å². The van der Waals surface area contributed by atoms with Crippen LogP contribution < -0.4 is 10.6 Å². The fourth-order valence-corrected chi connectivity index (χ4v) is 1.38. The lowest BCUT2D eigenvalue weighted by molar-refractivity contribution is -0.143. The van der Waals surface area contributed by atoms with Crippen LogP contribution in [0.25, 0.3) is 6.08 Å². The third-order valence-corrected chi connectivity index (χ3v) is 2.30. The van der Waals surface area contributed by atoms with Crippen LogP contribution in [0.5, 0.6) is 0 Å². The van der Waals surface area contributed by atoms with Crippen molar-refractivity contribution < 1.29 is 23.5 Å². The molecule has 1 rings (SSSR count). The van der Waals surface area contributed by atoms with Gasteiger partial charge in [-0.15, -0.1) is 0 Å². The summed E-state index contributed by atoms with van der Waals surface area (Å²) in [4.78, 5) is 33.9. The fourth-order valence-electron chi connectivity index (χ4n) is 1.38. The first-order valence-corrected chi connectivity index (χ1v) is 6.57. The number of carbonyl (C=O) groups is 3. The lowest BCUT2D eigenvalue weighted by Crippen LogP contribution is -2.43. The van der Waals surface area contributed by atoms with Gasteiger partial charge in [0.1, 0.15) is 5.82 Å². The van der Waals surface area contributed by atoms with E-state index in [1.54, 1.807) is 13.8 Å². The smallest absolute Gasteiger partial charge is 0.331 e. The van der Waals surface area contributed by atoms with E-state index in [1.165, 1.54) is 30.3 Å². The zero-order chi connectivity index (χ0) is 16.5. The zero-order valence-corrected chi connectivity index (χ0v) is 12.3. The van der Waals surface area contributed by atoms with E-state index in [-0.39, 0.29) is 11.9 Å². The van der Waals surface area contributed by atoms with Gasteiger partial charge in [0.2, 0.25) is 0 Å². The van der Waals surface area contributed by atoms with Crippen LogP contribution in [0.1, 0.15) is 19.4 Å². The van der Waals surface area contributed by atoms with Crippen molar-refractivity contribution in [3.8, 4) is 0 Å². The molecule has 0 saturated heterocycles. The van der Waals surface area contributed by atoms with Crippen molar-refractivity contribution in [2.75, 3.05) is 6.61 Å². The molecule has 0 unspecified atom stereocenters. The number of amides is 3. The molecule has 0 saturated carbocycles. The third-order valence-electron chi connectivity index (χ3n) is 2.30. The maximum atomic E-state index is 12.7. The average molecular weight is 308 g/mol. The molecule has 1 aromatic carbocycles. The second-order valence-corrected chi connectivity index (χ2v) is 4.67. The van der Waals surface area contributed by atoms with Gasteiger partial charge in [-0.1, -0.05) is 12.1 Å². The van der Waals surface area contributed by atoms with Crippen LogP contribution in [-0.2, 0) is 14.3 Å². The summed E-state index contributed by atoms with van der Waals surface area (Å²) in [5.41, 5.74) is 0.610. The van der Waals surface area contributed by atoms with Gasteiger partial charge in [0.25, 0.3) is 5.91 Å². The predicted octanol–water partition coefficient (Wildman–Crippen LogP) is 1.62. The topological polar surface area (TPSA) is 84.5 Å². The molecule has 0 heterocycles. The number of rotatable bonds is 5. The van der Waals surface area contributed by atoms with E-state index in [1.807, 2.05) is 5.32 Å². The van der Waals surface area contributed by atoms with E-state index in [0.29, 0.717) is 5.56 Å². The number of nitrogens with one attached hydrogen (secondary N) is 2. The van der Waals surface area contributed by atoms with Crippen LogP contribution in [0.3, 0.4) is 0 Å². The summed E-state index contributed by atoms with van der Waals surface area (Å²) in [5.74, 6) is -1.86. The molecule has 0 fully saturated rings. The molecule has 6 nitrogen and oxygen atoms in total. The highest BCUT2D eigenvalue weighted by molar-refractivity contribution is 5.96. The van der Waals surface area contributed by atoms with Gasteiger partial charge in [-0.25, -0.2) is 14.0 Å². The number of halogens is 1. The van der Waals surface area contributed by atoms with Gasteiger partial charge in [0.15, 0.2) is 6.61 Å². The van der Waals surface area contributed by atoms with E-state index in [9.17, 15) is 18.8 Å². The number of hydrogen-bond acceptors (Lipinski definition) is 4. The zero-order valence-electron chi connectivity index (χ0n) is 12.3. The summed E-state index contributed by atoms with van der Waals surface area (Å²) in [7, 11) is 0. The summed E-state index contributed by atoms with van der Waals surface area (Å²) >= 11 is 0. The van der Waals surface area contributed by atoms with E-state index in [4.69, 9.17) is 0 Å². The van der Waals surface area contributed by atoms with Crippen molar-refractivity contribution in [3.63, 3.8) is 0 Å². The standard InChI is InChI=1S/C15H17FN2O4/c1-10(2)17-15(21)18-13(19)9-22-14(20)8-5-11-3-6-12(16)7-4-11/h3-8,10H,9H2,1-2H3,(H2,17,18,19,21)/b8-5+. The normalized spacial score (nSPS) is 10.5. The minimum Gasteiger partial charge on any atom is -0.452 e. The fraction of sp³-hybridized carbons (Fsp3) is 0.267. The monoisotopic (exact) mass is 308 g/mol. The molecule has 0 atom stereocenters. The molecule has 2 N–H and O–H groups in total. The highest BCUT2D eigenvalue weighted by Crippen LogP contribution is 2.04. The number of ether oxygens (including phenoxy) is 1. The van der Waals surface area contributed by atoms with Crippen LogP contribution in [0.4, 0.5) is 9.18 Å². The van der Waals surface area contributed by atoms with Crippen LogP contribution >= 0.6 is 0 Å². The van der Waals surface area contributed by atoms with E-state index in [2.05, 4.69) is 10.1 Å². The number of benzene rings is 1. The van der Waals surface area contributed by atoms with E-state index < -0.39 is 24.5 Å². The third kappa shape index (κ3) is 7.18. The lowest BCUT2D eigenvalue weighted by Gasteiger charge is -2.08. The average Bonchev–Trinajstić information content (AvgIpc) is 2.43.